The SMILES string of the molecule is COc1ccc(-c2oncc2CN2CCNCC2)cc1. The van der Waals surface area contributed by atoms with Crippen LogP contribution < -0.4 is 10.1 Å². The van der Waals surface area contributed by atoms with Crippen molar-refractivity contribution in [1.82, 2.24) is 15.4 Å². The molecule has 1 N–H and O–H groups in total. The van der Waals surface area contributed by atoms with Gasteiger partial charge in [-0.2, -0.15) is 0 Å². The fraction of sp³-hybridized carbons (Fsp3) is 0.400. The lowest BCUT2D eigenvalue weighted by molar-refractivity contribution is 0.233. The Bertz CT molecular complexity index is 545. The van der Waals surface area contributed by atoms with E-state index in [0.29, 0.717) is 0 Å². The van der Waals surface area contributed by atoms with Crippen LogP contribution in [0.15, 0.2) is 35.0 Å². The topological polar surface area (TPSA) is 50.5 Å². The first-order valence-corrected chi connectivity index (χ1v) is 6.88. The molecule has 0 atom stereocenters. The molecule has 3 rings (SSSR count). The highest BCUT2D eigenvalue weighted by molar-refractivity contribution is 5.61. The maximum Gasteiger partial charge on any atom is 0.171 e. The van der Waals surface area contributed by atoms with E-state index in [2.05, 4.69) is 15.4 Å². The highest BCUT2D eigenvalue weighted by Gasteiger charge is 2.16. The number of hydrogen-bond donors (Lipinski definition) is 1. The van der Waals surface area contributed by atoms with E-state index in [1.807, 2.05) is 30.5 Å². The van der Waals surface area contributed by atoms with Gasteiger partial charge in [0.25, 0.3) is 0 Å². The summed E-state index contributed by atoms with van der Waals surface area (Å²) in [5.41, 5.74) is 2.17. The Morgan fingerprint density at radius 2 is 2.00 bits per heavy atom. The Balaban J connectivity index is 1.77. The lowest BCUT2D eigenvalue weighted by Gasteiger charge is -2.26. The Kier molecular flexibility index (Phi) is 3.99. The van der Waals surface area contributed by atoms with Gasteiger partial charge in [-0.25, -0.2) is 0 Å². The smallest absolute Gasteiger partial charge is 0.171 e. The predicted molar refractivity (Wildman–Crippen MR) is 76.6 cm³/mol. The van der Waals surface area contributed by atoms with Crippen molar-refractivity contribution in [2.24, 2.45) is 0 Å². The fourth-order valence-corrected chi connectivity index (χ4v) is 2.46. The molecule has 1 aromatic carbocycles. The van der Waals surface area contributed by atoms with Crippen molar-refractivity contribution in [3.8, 4) is 17.1 Å². The van der Waals surface area contributed by atoms with Gasteiger partial charge in [-0.15, -0.1) is 0 Å². The van der Waals surface area contributed by atoms with Crippen LogP contribution in [0.2, 0.25) is 0 Å². The third-order valence-corrected chi connectivity index (χ3v) is 3.60. The minimum atomic E-state index is 0.844. The average molecular weight is 273 g/mol. The molecule has 5 heteroatoms. The van der Waals surface area contributed by atoms with E-state index in [-0.39, 0.29) is 0 Å². The van der Waals surface area contributed by atoms with E-state index in [4.69, 9.17) is 9.26 Å². The van der Waals surface area contributed by atoms with Crippen LogP contribution in [-0.2, 0) is 6.54 Å². The van der Waals surface area contributed by atoms with E-state index in [1.54, 1.807) is 7.11 Å². The number of nitrogens with zero attached hydrogens (tertiary/aromatic N) is 2. The number of nitrogens with one attached hydrogen (secondary N) is 1. The van der Waals surface area contributed by atoms with Gasteiger partial charge in [-0.05, 0) is 24.3 Å². The van der Waals surface area contributed by atoms with Crippen molar-refractivity contribution in [2.45, 2.75) is 6.54 Å². The van der Waals surface area contributed by atoms with Crippen LogP contribution in [0.5, 0.6) is 5.75 Å². The zero-order chi connectivity index (χ0) is 13.8. The van der Waals surface area contributed by atoms with Gasteiger partial charge in [0.15, 0.2) is 5.76 Å². The average Bonchev–Trinajstić information content (AvgIpc) is 2.96. The molecule has 0 aliphatic carbocycles. The molecular formula is C15H19N3O2. The highest BCUT2D eigenvalue weighted by Crippen LogP contribution is 2.26. The molecule has 1 saturated heterocycles. The van der Waals surface area contributed by atoms with Gasteiger partial charge in [-0.3, -0.25) is 4.90 Å². The van der Waals surface area contributed by atoms with Crippen LogP contribution in [0.25, 0.3) is 11.3 Å². The Morgan fingerprint density at radius 3 is 2.70 bits per heavy atom. The lowest BCUT2D eigenvalue weighted by atomic mass is 10.1. The van der Waals surface area contributed by atoms with E-state index in [1.165, 1.54) is 0 Å². The summed E-state index contributed by atoms with van der Waals surface area (Å²) in [6.07, 6.45) is 1.82. The molecule has 2 heterocycles. The summed E-state index contributed by atoms with van der Waals surface area (Å²) < 4.78 is 10.6. The number of benzene rings is 1. The summed E-state index contributed by atoms with van der Waals surface area (Å²) in [6, 6.07) is 7.88. The van der Waals surface area contributed by atoms with Crippen LogP contribution in [-0.4, -0.2) is 43.3 Å². The summed E-state index contributed by atoms with van der Waals surface area (Å²) in [4.78, 5) is 2.41. The third-order valence-electron chi connectivity index (χ3n) is 3.60. The van der Waals surface area contributed by atoms with Crippen molar-refractivity contribution in [3.63, 3.8) is 0 Å². The predicted octanol–water partition coefficient (Wildman–Crippen LogP) is 1.76. The number of methoxy groups -OCH3 is 1. The molecule has 0 saturated carbocycles. The second-order valence-corrected chi connectivity index (χ2v) is 4.93. The molecular weight excluding hydrogens is 254 g/mol. The van der Waals surface area contributed by atoms with Gasteiger partial charge < -0.3 is 14.6 Å². The number of ether oxygens (including phenoxy) is 1. The molecule has 1 aliphatic heterocycles. The first-order chi connectivity index (χ1) is 9.86. The second kappa shape index (κ2) is 6.07. The molecule has 1 aromatic heterocycles. The molecule has 0 radical (unpaired) electrons. The molecule has 0 spiro atoms. The highest BCUT2D eigenvalue weighted by atomic mass is 16.5. The minimum absolute atomic E-state index is 0.844. The molecule has 2 aromatic rings. The van der Waals surface area contributed by atoms with Crippen LogP contribution in [0.1, 0.15) is 5.56 Å². The summed E-state index contributed by atoms with van der Waals surface area (Å²) >= 11 is 0. The summed E-state index contributed by atoms with van der Waals surface area (Å²) in [7, 11) is 1.67. The van der Waals surface area contributed by atoms with Crippen molar-refractivity contribution >= 4 is 0 Å². The Morgan fingerprint density at radius 1 is 1.25 bits per heavy atom. The van der Waals surface area contributed by atoms with E-state index in [9.17, 15) is 0 Å². The van der Waals surface area contributed by atoms with Crippen molar-refractivity contribution in [2.75, 3.05) is 33.3 Å². The summed E-state index contributed by atoms with van der Waals surface area (Å²) in [5.74, 6) is 1.70. The second-order valence-electron chi connectivity index (χ2n) is 4.93. The first-order valence-electron chi connectivity index (χ1n) is 6.88. The lowest BCUT2D eigenvalue weighted by Crippen LogP contribution is -2.42. The zero-order valence-electron chi connectivity index (χ0n) is 11.6. The van der Waals surface area contributed by atoms with Gasteiger partial charge in [0.05, 0.1) is 13.3 Å². The van der Waals surface area contributed by atoms with Gasteiger partial charge in [-0.1, -0.05) is 5.16 Å². The number of aromatic nitrogens is 1. The van der Waals surface area contributed by atoms with Crippen LogP contribution in [0, 0.1) is 0 Å². The maximum atomic E-state index is 5.43. The zero-order valence-corrected chi connectivity index (χ0v) is 11.6. The van der Waals surface area contributed by atoms with E-state index >= 15 is 0 Å². The number of piperazine rings is 1. The van der Waals surface area contributed by atoms with Gasteiger partial charge in [0, 0.05) is 43.9 Å². The van der Waals surface area contributed by atoms with Crippen molar-refractivity contribution < 1.29 is 9.26 Å². The standard InChI is InChI=1S/C15H19N3O2/c1-19-14-4-2-12(3-5-14)15-13(10-17-20-15)11-18-8-6-16-7-9-18/h2-5,10,16H,6-9,11H2,1H3. The monoisotopic (exact) mass is 273 g/mol. The summed E-state index contributed by atoms with van der Waals surface area (Å²) in [5, 5.41) is 7.32. The van der Waals surface area contributed by atoms with E-state index in [0.717, 1.165) is 55.4 Å². The molecule has 0 amide bonds. The molecule has 0 bridgehead atoms. The van der Waals surface area contributed by atoms with Crippen LogP contribution >= 0.6 is 0 Å². The first kappa shape index (κ1) is 13.1. The Hall–Kier alpha value is -1.85. The van der Waals surface area contributed by atoms with Crippen molar-refractivity contribution in [1.29, 1.82) is 0 Å². The van der Waals surface area contributed by atoms with E-state index < -0.39 is 0 Å². The fourth-order valence-electron chi connectivity index (χ4n) is 2.46. The normalized spacial score (nSPS) is 16.2. The quantitative estimate of drug-likeness (QED) is 0.920. The van der Waals surface area contributed by atoms with Crippen LogP contribution in [0.3, 0.4) is 0 Å². The molecule has 20 heavy (non-hydrogen) atoms. The number of rotatable bonds is 4. The molecule has 1 aliphatic rings. The Labute approximate surface area is 118 Å². The largest absolute Gasteiger partial charge is 0.497 e. The van der Waals surface area contributed by atoms with Crippen LogP contribution in [0.4, 0.5) is 0 Å². The summed E-state index contributed by atoms with van der Waals surface area (Å²) in [6.45, 7) is 5.10. The van der Waals surface area contributed by atoms with Gasteiger partial charge >= 0.3 is 0 Å². The third kappa shape index (κ3) is 2.84. The van der Waals surface area contributed by atoms with Gasteiger partial charge in [0.1, 0.15) is 5.75 Å². The minimum Gasteiger partial charge on any atom is -0.497 e. The molecule has 106 valence electrons. The molecule has 0 unspecified atom stereocenters. The maximum absolute atomic E-state index is 5.43. The number of hydrogen-bond acceptors (Lipinski definition) is 5. The molecule has 5 nitrogen and oxygen atoms in total. The molecule has 1 fully saturated rings. The van der Waals surface area contributed by atoms with Crippen molar-refractivity contribution in [3.05, 3.63) is 36.0 Å². The van der Waals surface area contributed by atoms with Gasteiger partial charge in [0.2, 0.25) is 0 Å².